The van der Waals surface area contributed by atoms with Crippen LogP contribution in [-0.2, 0) is 57.1 Å². The average molecular weight is 623 g/mol. The first-order valence-corrected chi connectivity index (χ1v) is 15.5. The van der Waals surface area contributed by atoms with Crippen molar-refractivity contribution >= 4 is 29.5 Å². The minimum Gasteiger partial charge on any atom is -0.468 e. The minimum absolute atomic E-state index is 0.0103. The van der Waals surface area contributed by atoms with Crippen LogP contribution in [0.15, 0.2) is 0 Å². The standard InChI is InChI=1S/C17H24O7.C15H22O5/c1-16(2)7-23-17(24-8-16)5-9-10(6-17)12(15(20)22-4)13(18)11(9)14(19)21-3;1-14(2)7-19-15(20-8-14)5-9-4-11(16)12(10(9)6-15)13(17)18-3/h9-12H,5-8H2,1-4H3;9-10,12H,4-8H2,1-3H3/t9-,10+,11?,12?;9-,10+,12-/m.1/s1. The molecule has 12 nitrogen and oxygen atoms in total. The molecule has 0 aromatic carbocycles. The number of carbonyl (C=O) groups is 5. The highest BCUT2D eigenvalue weighted by Gasteiger charge is 2.65. The van der Waals surface area contributed by atoms with Crippen LogP contribution in [0.4, 0.5) is 0 Å². The molecular weight excluding hydrogens is 576 g/mol. The number of ketones is 2. The van der Waals surface area contributed by atoms with Gasteiger partial charge in [-0.05, 0) is 23.7 Å². The Morgan fingerprint density at radius 2 is 0.955 bits per heavy atom. The molecule has 2 spiro atoms. The van der Waals surface area contributed by atoms with Crippen molar-refractivity contribution < 1.29 is 57.1 Å². The van der Waals surface area contributed by atoms with Crippen molar-refractivity contribution in [2.45, 2.75) is 71.4 Å². The molecule has 0 N–H and O–H groups in total. The zero-order chi connectivity index (χ0) is 32.2. The SMILES string of the molecule is COC(=O)C1C(=O)C(C(=O)OC)[C@@H]2CC3(C[C@H]12)OCC(C)(C)CO3.COC(=O)[C@H]1C(=O)C[C@@H]2CC3(C[C@@H]21)OCC(C)(C)CO3. The van der Waals surface area contributed by atoms with Crippen molar-refractivity contribution in [1.82, 2.24) is 0 Å². The maximum absolute atomic E-state index is 12.6. The Labute approximate surface area is 258 Å². The molecule has 4 aliphatic carbocycles. The van der Waals surface area contributed by atoms with Gasteiger partial charge in [0.05, 0.1) is 47.8 Å². The van der Waals surface area contributed by atoms with E-state index in [2.05, 4.69) is 13.8 Å². The van der Waals surface area contributed by atoms with Gasteiger partial charge in [-0.2, -0.15) is 0 Å². The number of esters is 3. The van der Waals surface area contributed by atoms with Gasteiger partial charge in [0.25, 0.3) is 0 Å². The van der Waals surface area contributed by atoms with E-state index in [1.54, 1.807) is 0 Å². The summed E-state index contributed by atoms with van der Waals surface area (Å²) in [6, 6.07) is 0. The van der Waals surface area contributed by atoms with E-state index in [9.17, 15) is 24.0 Å². The third kappa shape index (κ3) is 5.94. The van der Waals surface area contributed by atoms with Gasteiger partial charge in [-0.15, -0.1) is 0 Å². The number of ether oxygens (including phenoxy) is 7. The smallest absolute Gasteiger partial charge is 0.316 e. The Morgan fingerprint density at radius 3 is 1.36 bits per heavy atom. The minimum atomic E-state index is -0.953. The molecule has 0 aromatic heterocycles. The Bertz CT molecular complexity index is 1130. The van der Waals surface area contributed by atoms with Gasteiger partial charge >= 0.3 is 17.9 Å². The second-order valence-electron chi connectivity index (χ2n) is 14.9. The molecule has 2 unspecified atom stereocenters. The number of methoxy groups -OCH3 is 3. The van der Waals surface area contributed by atoms with E-state index >= 15 is 0 Å². The van der Waals surface area contributed by atoms with E-state index in [-0.39, 0.29) is 40.3 Å². The van der Waals surface area contributed by atoms with Crippen molar-refractivity contribution in [2.24, 2.45) is 52.3 Å². The topological polar surface area (TPSA) is 150 Å². The van der Waals surface area contributed by atoms with Crippen LogP contribution >= 0.6 is 0 Å². The summed E-state index contributed by atoms with van der Waals surface area (Å²) in [6.07, 6.45) is 2.61. The largest absolute Gasteiger partial charge is 0.468 e. The summed E-state index contributed by atoms with van der Waals surface area (Å²) < 4.78 is 38.3. The van der Waals surface area contributed by atoms with Crippen LogP contribution < -0.4 is 0 Å². The fourth-order valence-corrected chi connectivity index (χ4v) is 8.06. The van der Waals surface area contributed by atoms with Crippen LogP contribution in [0.2, 0.25) is 0 Å². The first kappa shape index (κ1) is 33.0. The van der Waals surface area contributed by atoms with Crippen LogP contribution in [0.5, 0.6) is 0 Å². The van der Waals surface area contributed by atoms with Crippen molar-refractivity contribution in [3.05, 3.63) is 0 Å². The Kier molecular flexibility index (Phi) is 8.80. The monoisotopic (exact) mass is 622 g/mol. The zero-order valence-electron chi connectivity index (χ0n) is 26.8. The van der Waals surface area contributed by atoms with Gasteiger partial charge in [0.2, 0.25) is 0 Å². The van der Waals surface area contributed by atoms with Crippen molar-refractivity contribution in [3.63, 3.8) is 0 Å². The molecule has 0 aromatic rings. The fourth-order valence-electron chi connectivity index (χ4n) is 8.06. The number of Topliss-reactive ketones (excluding diaryl/α,β-unsaturated/α-hetero) is 2. The molecule has 0 radical (unpaired) electrons. The Hall–Kier alpha value is -2.41. The normalized spacial score (nSPS) is 37.1. The third-order valence-electron chi connectivity index (χ3n) is 10.3. The highest BCUT2D eigenvalue weighted by molar-refractivity contribution is 6.10. The molecule has 246 valence electrons. The van der Waals surface area contributed by atoms with Crippen LogP contribution in [0.1, 0.15) is 59.8 Å². The van der Waals surface area contributed by atoms with Gasteiger partial charge in [-0.3, -0.25) is 24.0 Å². The van der Waals surface area contributed by atoms with E-state index in [1.807, 2.05) is 13.8 Å². The molecule has 2 saturated heterocycles. The highest BCUT2D eigenvalue weighted by atomic mass is 16.7. The third-order valence-corrected chi connectivity index (χ3v) is 10.3. The summed E-state index contributed by atoms with van der Waals surface area (Å²) in [5, 5.41) is 0. The summed E-state index contributed by atoms with van der Waals surface area (Å²) >= 11 is 0. The lowest BCUT2D eigenvalue weighted by molar-refractivity contribution is -0.298. The lowest BCUT2D eigenvalue weighted by Gasteiger charge is -2.42. The quantitative estimate of drug-likeness (QED) is 0.258. The van der Waals surface area contributed by atoms with Crippen LogP contribution in [0, 0.1) is 52.3 Å². The van der Waals surface area contributed by atoms with Crippen LogP contribution in [0.25, 0.3) is 0 Å². The van der Waals surface area contributed by atoms with Gasteiger partial charge < -0.3 is 33.2 Å². The predicted octanol–water partition coefficient (Wildman–Crippen LogP) is 2.49. The van der Waals surface area contributed by atoms with Crippen LogP contribution in [-0.4, -0.2) is 88.8 Å². The maximum Gasteiger partial charge on any atom is 0.316 e. The van der Waals surface area contributed by atoms with E-state index < -0.39 is 53.0 Å². The molecule has 4 saturated carbocycles. The predicted molar refractivity (Wildman–Crippen MR) is 150 cm³/mol. The molecule has 7 atom stereocenters. The van der Waals surface area contributed by atoms with Gasteiger partial charge in [-0.1, -0.05) is 27.7 Å². The summed E-state index contributed by atoms with van der Waals surface area (Å²) in [4.78, 5) is 60.6. The van der Waals surface area contributed by atoms with Crippen molar-refractivity contribution in [1.29, 1.82) is 0 Å². The summed E-state index contributed by atoms with van der Waals surface area (Å²) in [5.41, 5.74) is -0.0528. The molecular formula is C32H46O12. The van der Waals surface area contributed by atoms with Gasteiger partial charge in [-0.25, -0.2) is 0 Å². The van der Waals surface area contributed by atoms with Gasteiger partial charge in [0, 0.05) is 42.9 Å². The fraction of sp³-hybridized carbons (Fsp3) is 0.844. The van der Waals surface area contributed by atoms with E-state index in [4.69, 9.17) is 33.2 Å². The Morgan fingerprint density at radius 1 is 0.591 bits per heavy atom. The van der Waals surface area contributed by atoms with Crippen LogP contribution in [0.3, 0.4) is 0 Å². The summed E-state index contributed by atoms with van der Waals surface area (Å²) in [7, 11) is 3.83. The molecule has 6 fully saturated rings. The second-order valence-corrected chi connectivity index (χ2v) is 14.9. The molecule has 0 amide bonds. The molecule has 12 heteroatoms. The number of rotatable bonds is 3. The number of hydrogen-bond acceptors (Lipinski definition) is 12. The van der Waals surface area contributed by atoms with Gasteiger partial charge in [0.1, 0.15) is 23.5 Å². The first-order chi connectivity index (χ1) is 20.6. The number of carbonyl (C=O) groups excluding carboxylic acids is 5. The molecule has 0 bridgehead atoms. The van der Waals surface area contributed by atoms with E-state index in [0.717, 1.165) is 0 Å². The lowest BCUT2D eigenvalue weighted by atomic mass is 9.90. The molecule has 6 rings (SSSR count). The van der Waals surface area contributed by atoms with E-state index in [1.165, 1.54) is 21.3 Å². The second kappa shape index (κ2) is 11.7. The van der Waals surface area contributed by atoms with E-state index in [0.29, 0.717) is 58.5 Å². The number of fused-ring (bicyclic) bond motifs is 2. The Balaban J connectivity index is 0.000000177. The summed E-state index contributed by atoms with van der Waals surface area (Å²) in [5.74, 6) is -6.40. The lowest BCUT2D eigenvalue weighted by Crippen LogP contribution is -2.47. The number of hydrogen-bond donors (Lipinski definition) is 0. The first-order valence-electron chi connectivity index (χ1n) is 15.5. The zero-order valence-corrected chi connectivity index (χ0v) is 26.8. The average Bonchev–Trinajstić information content (AvgIpc) is 3.67. The maximum atomic E-state index is 12.6. The molecule has 2 aliphatic heterocycles. The van der Waals surface area contributed by atoms with Crippen molar-refractivity contribution in [3.8, 4) is 0 Å². The summed E-state index contributed by atoms with van der Waals surface area (Å²) in [6.45, 7) is 10.7. The van der Waals surface area contributed by atoms with Gasteiger partial charge in [0.15, 0.2) is 17.4 Å². The molecule has 2 heterocycles. The van der Waals surface area contributed by atoms with Crippen molar-refractivity contribution in [2.75, 3.05) is 47.8 Å². The molecule has 6 aliphatic rings. The molecule has 44 heavy (non-hydrogen) atoms. The highest BCUT2D eigenvalue weighted by Crippen LogP contribution is 2.57.